The Bertz CT molecular complexity index is 2070. The van der Waals surface area contributed by atoms with Crippen molar-refractivity contribution >= 4 is 52.9 Å². The van der Waals surface area contributed by atoms with Crippen LogP contribution in [0.15, 0.2) is 132 Å². The van der Waals surface area contributed by atoms with Crippen LogP contribution < -0.4 is 25.4 Å². The van der Waals surface area contributed by atoms with Crippen molar-refractivity contribution in [2.45, 2.75) is 17.1 Å². The number of methoxy groups -OCH3 is 2. The molecule has 0 spiro atoms. The molecule has 0 bridgehead atoms. The van der Waals surface area contributed by atoms with Crippen molar-refractivity contribution in [3.8, 4) is 11.5 Å². The highest BCUT2D eigenvalue weighted by atomic mass is 32.2. The number of carboxylic acids is 1. The summed E-state index contributed by atoms with van der Waals surface area (Å²) >= 11 is 1.30. The fraction of sp³-hybridized carbons (Fsp3) is 0.100. The monoisotopic (exact) mass is 701 g/mol. The van der Waals surface area contributed by atoms with Gasteiger partial charge in [0.25, 0.3) is 11.8 Å². The number of anilines is 2. The molecular formula is C40H35N3O7S. The summed E-state index contributed by atoms with van der Waals surface area (Å²) in [6.45, 7) is 1.79. The molecule has 4 N–H and O–H groups in total. The van der Waals surface area contributed by atoms with Crippen LogP contribution in [-0.2, 0) is 9.59 Å². The standard InChI is InChI=1S/C40H35N3O7S/c1-25-17-18-29(40(47)48)24-32(25)42-39(46)36(26-11-6-4-7-12-26)51-31-21-19-30(20-22-31)41-38(45)33(43-37(44)27-13-8-5-9-14-27)23-28-15-10-16-34(49-2)35(28)50-3/h4-24,36H,1-3H3,(H,41,45)(H,42,46)(H,43,44)(H,47,48)/b33-23-. The van der Waals surface area contributed by atoms with Gasteiger partial charge in [0.2, 0.25) is 5.91 Å². The third-order valence-electron chi connectivity index (χ3n) is 7.71. The highest BCUT2D eigenvalue weighted by Gasteiger charge is 2.24. The van der Waals surface area contributed by atoms with E-state index in [1.165, 1.54) is 44.2 Å². The topological polar surface area (TPSA) is 143 Å². The molecule has 3 amide bonds. The van der Waals surface area contributed by atoms with Gasteiger partial charge in [0.15, 0.2) is 11.5 Å². The first kappa shape index (κ1) is 36.0. The lowest BCUT2D eigenvalue weighted by atomic mass is 10.1. The van der Waals surface area contributed by atoms with E-state index in [9.17, 15) is 24.3 Å². The van der Waals surface area contributed by atoms with E-state index in [0.29, 0.717) is 34.0 Å². The van der Waals surface area contributed by atoms with Gasteiger partial charge < -0.3 is 30.5 Å². The zero-order valence-electron chi connectivity index (χ0n) is 28.0. The van der Waals surface area contributed by atoms with E-state index in [4.69, 9.17) is 9.47 Å². The molecule has 5 rings (SSSR count). The summed E-state index contributed by atoms with van der Waals surface area (Å²) in [4.78, 5) is 52.8. The van der Waals surface area contributed by atoms with Crippen molar-refractivity contribution in [1.82, 2.24) is 5.32 Å². The molecule has 51 heavy (non-hydrogen) atoms. The Morgan fingerprint density at radius 3 is 2.08 bits per heavy atom. The van der Waals surface area contributed by atoms with E-state index in [1.54, 1.807) is 85.8 Å². The fourth-order valence-electron chi connectivity index (χ4n) is 5.06. The number of hydrogen-bond acceptors (Lipinski definition) is 7. The fourth-order valence-corrected chi connectivity index (χ4v) is 6.09. The first-order chi connectivity index (χ1) is 24.7. The van der Waals surface area contributed by atoms with Crippen molar-refractivity contribution in [2.24, 2.45) is 0 Å². The van der Waals surface area contributed by atoms with Gasteiger partial charge in [-0.1, -0.05) is 66.7 Å². The Morgan fingerprint density at radius 1 is 0.745 bits per heavy atom. The number of carbonyl (C=O) groups excluding carboxylic acids is 3. The normalized spacial score (nSPS) is 11.5. The van der Waals surface area contributed by atoms with Gasteiger partial charge in [-0.2, -0.15) is 0 Å². The second-order valence-corrected chi connectivity index (χ2v) is 12.4. The molecule has 10 nitrogen and oxygen atoms in total. The molecular weight excluding hydrogens is 667 g/mol. The predicted molar refractivity (Wildman–Crippen MR) is 198 cm³/mol. The Kier molecular flexibility index (Phi) is 11.9. The lowest BCUT2D eigenvalue weighted by Gasteiger charge is -2.18. The summed E-state index contributed by atoms with van der Waals surface area (Å²) in [7, 11) is 2.99. The molecule has 0 aromatic heterocycles. The van der Waals surface area contributed by atoms with Crippen molar-refractivity contribution in [1.29, 1.82) is 0 Å². The number of carbonyl (C=O) groups is 4. The zero-order valence-corrected chi connectivity index (χ0v) is 28.8. The molecule has 0 heterocycles. The van der Waals surface area contributed by atoms with Gasteiger partial charge in [-0.15, -0.1) is 11.8 Å². The van der Waals surface area contributed by atoms with Crippen molar-refractivity contribution in [3.63, 3.8) is 0 Å². The molecule has 5 aromatic carbocycles. The minimum absolute atomic E-state index is 0.0306. The van der Waals surface area contributed by atoms with E-state index >= 15 is 0 Å². The number of rotatable bonds is 13. The summed E-state index contributed by atoms with van der Waals surface area (Å²) in [5.74, 6) is -1.62. The Hall–Kier alpha value is -6.33. The maximum Gasteiger partial charge on any atom is 0.335 e. The number of benzene rings is 5. The minimum Gasteiger partial charge on any atom is -0.493 e. The van der Waals surface area contributed by atoms with E-state index < -0.39 is 23.0 Å². The van der Waals surface area contributed by atoms with E-state index in [0.717, 1.165) is 16.0 Å². The molecule has 5 aromatic rings. The number of thioether (sulfide) groups is 1. The van der Waals surface area contributed by atoms with Gasteiger partial charge in [0.05, 0.1) is 19.8 Å². The number of aromatic carboxylic acids is 1. The van der Waals surface area contributed by atoms with Gasteiger partial charge in [-0.25, -0.2) is 4.79 Å². The average Bonchev–Trinajstić information content (AvgIpc) is 3.15. The minimum atomic E-state index is -1.09. The average molecular weight is 702 g/mol. The van der Waals surface area contributed by atoms with Gasteiger partial charge in [0.1, 0.15) is 10.9 Å². The van der Waals surface area contributed by atoms with Gasteiger partial charge in [-0.3, -0.25) is 14.4 Å². The van der Waals surface area contributed by atoms with Crippen molar-refractivity contribution < 1.29 is 33.8 Å². The summed E-state index contributed by atoms with van der Waals surface area (Å²) in [6, 6.07) is 34.5. The van der Waals surface area contributed by atoms with Crippen LogP contribution in [0.2, 0.25) is 0 Å². The lowest BCUT2D eigenvalue weighted by Crippen LogP contribution is -2.30. The maximum absolute atomic E-state index is 13.7. The summed E-state index contributed by atoms with van der Waals surface area (Å²) < 4.78 is 10.9. The van der Waals surface area contributed by atoms with E-state index in [2.05, 4.69) is 16.0 Å². The largest absolute Gasteiger partial charge is 0.493 e. The number of hydrogen-bond donors (Lipinski definition) is 4. The molecule has 0 aliphatic carbocycles. The first-order valence-electron chi connectivity index (χ1n) is 15.7. The van der Waals surface area contributed by atoms with Crippen LogP contribution in [0.4, 0.5) is 11.4 Å². The molecule has 0 aliphatic rings. The second-order valence-electron chi connectivity index (χ2n) is 11.2. The Balaban J connectivity index is 1.37. The maximum atomic E-state index is 13.7. The van der Waals surface area contributed by atoms with Gasteiger partial charge >= 0.3 is 5.97 Å². The number of para-hydroxylation sites is 1. The molecule has 1 atom stereocenters. The third-order valence-corrected chi connectivity index (χ3v) is 8.98. The van der Waals surface area contributed by atoms with E-state index in [-0.39, 0.29) is 17.2 Å². The smallest absolute Gasteiger partial charge is 0.335 e. The Labute approximate surface area is 299 Å². The molecule has 0 aliphatic heterocycles. The molecule has 0 fully saturated rings. The first-order valence-corrected chi connectivity index (χ1v) is 16.6. The molecule has 0 saturated carbocycles. The number of amides is 3. The summed E-state index contributed by atoms with van der Waals surface area (Å²) in [5, 5.41) is 17.2. The van der Waals surface area contributed by atoms with Crippen LogP contribution in [0.1, 0.15) is 42.7 Å². The van der Waals surface area contributed by atoms with Crippen molar-refractivity contribution in [3.05, 3.63) is 155 Å². The van der Waals surface area contributed by atoms with Crippen LogP contribution >= 0.6 is 11.8 Å². The molecule has 11 heteroatoms. The third kappa shape index (κ3) is 9.22. The summed E-state index contributed by atoms with van der Waals surface area (Å²) in [6.07, 6.45) is 1.51. The molecule has 258 valence electrons. The van der Waals surface area contributed by atoms with Gasteiger partial charge in [-0.05, 0) is 78.7 Å². The molecule has 1 unspecified atom stereocenters. The number of aryl methyl sites for hydroxylation is 1. The number of ether oxygens (including phenoxy) is 2. The number of nitrogens with one attached hydrogen (secondary N) is 3. The lowest BCUT2D eigenvalue weighted by molar-refractivity contribution is -0.116. The molecule has 0 saturated heterocycles. The summed E-state index contributed by atoms with van der Waals surface area (Å²) in [5.41, 5.74) is 3.26. The van der Waals surface area contributed by atoms with Crippen LogP contribution in [-0.4, -0.2) is 43.0 Å². The van der Waals surface area contributed by atoms with Crippen LogP contribution in [0.5, 0.6) is 11.5 Å². The highest BCUT2D eigenvalue weighted by Crippen LogP contribution is 2.37. The predicted octanol–water partition coefficient (Wildman–Crippen LogP) is 7.59. The second kappa shape index (κ2) is 16.9. The van der Waals surface area contributed by atoms with Crippen LogP contribution in [0.3, 0.4) is 0 Å². The Morgan fingerprint density at radius 2 is 1.43 bits per heavy atom. The quantitative estimate of drug-likeness (QED) is 0.0727. The van der Waals surface area contributed by atoms with Crippen LogP contribution in [0.25, 0.3) is 6.08 Å². The van der Waals surface area contributed by atoms with Crippen molar-refractivity contribution in [2.75, 3.05) is 24.9 Å². The van der Waals surface area contributed by atoms with E-state index in [1.807, 2.05) is 30.3 Å². The molecule has 0 radical (unpaired) electrons. The van der Waals surface area contributed by atoms with Crippen LogP contribution in [0, 0.1) is 6.92 Å². The SMILES string of the molecule is COc1cccc(/C=C(\NC(=O)c2ccccc2)C(=O)Nc2ccc(SC(C(=O)Nc3cc(C(=O)O)ccc3C)c3ccccc3)cc2)c1OC. The highest BCUT2D eigenvalue weighted by molar-refractivity contribution is 8.00. The zero-order chi connectivity index (χ0) is 36.3. The van der Waals surface area contributed by atoms with Gasteiger partial charge in [0, 0.05) is 27.4 Å². The number of carboxylic acid groups (broad SMARTS) is 1.